The van der Waals surface area contributed by atoms with Gasteiger partial charge in [0.1, 0.15) is 0 Å². The number of hydrogen-bond donors (Lipinski definition) is 3. The fourth-order valence-corrected chi connectivity index (χ4v) is 2.58. The summed E-state index contributed by atoms with van der Waals surface area (Å²) in [6.45, 7) is 2.72. The summed E-state index contributed by atoms with van der Waals surface area (Å²) in [6, 6.07) is 4.96. The molecular formula is C15H21ClN4O3. The second-order valence-electron chi connectivity index (χ2n) is 5.16. The molecule has 126 valence electrons. The van der Waals surface area contributed by atoms with Gasteiger partial charge in [0.05, 0.1) is 17.3 Å². The van der Waals surface area contributed by atoms with Gasteiger partial charge in [0, 0.05) is 39.0 Å². The molecule has 0 saturated carbocycles. The molecule has 7 nitrogen and oxygen atoms in total. The minimum absolute atomic E-state index is 0.0232. The minimum Gasteiger partial charge on any atom is -0.385 e. The number of rotatable bonds is 6. The molecule has 3 amide bonds. The number of methoxy groups -OCH3 is 1. The second-order valence-corrected chi connectivity index (χ2v) is 5.57. The maximum Gasteiger partial charge on any atom is 0.319 e. The van der Waals surface area contributed by atoms with Crippen LogP contribution in [0.5, 0.6) is 0 Å². The Bertz CT molecular complexity index is 568. The molecule has 8 heteroatoms. The Balaban J connectivity index is 1.91. The highest BCUT2D eigenvalue weighted by atomic mass is 35.5. The van der Waals surface area contributed by atoms with Crippen LogP contribution in [0, 0.1) is 0 Å². The van der Waals surface area contributed by atoms with Gasteiger partial charge in [-0.25, -0.2) is 4.79 Å². The van der Waals surface area contributed by atoms with Crippen LogP contribution in [0.1, 0.15) is 6.42 Å². The van der Waals surface area contributed by atoms with Gasteiger partial charge in [0.2, 0.25) is 5.91 Å². The molecule has 0 radical (unpaired) electrons. The lowest BCUT2D eigenvalue weighted by molar-refractivity contribution is -0.120. The number of piperazine rings is 1. The molecule has 1 aromatic carbocycles. The number of ether oxygens (including phenoxy) is 1. The van der Waals surface area contributed by atoms with Crippen LogP contribution in [0.15, 0.2) is 18.2 Å². The summed E-state index contributed by atoms with van der Waals surface area (Å²) in [5.41, 5.74) is 1.39. The molecule has 1 heterocycles. The van der Waals surface area contributed by atoms with E-state index in [2.05, 4.69) is 16.0 Å². The highest BCUT2D eigenvalue weighted by Crippen LogP contribution is 2.29. The fraction of sp³-hybridized carbons (Fsp3) is 0.467. The van der Waals surface area contributed by atoms with E-state index in [-0.39, 0.29) is 18.5 Å². The summed E-state index contributed by atoms with van der Waals surface area (Å²) < 4.78 is 4.91. The topological polar surface area (TPSA) is 82.7 Å². The molecule has 1 aliphatic rings. The third kappa shape index (κ3) is 5.30. The summed E-state index contributed by atoms with van der Waals surface area (Å²) in [5.74, 6) is -0.0232. The Hall–Kier alpha value is -1.99. The highest BCUT2D eigenvalue weighted by molar-refractivity contribution is 6.33. The lowest BCUT2D eigenvalue weighted by Gasteiger charge is -2.29. The molecule has 0 bridgehead atoms. The molecule has 1 aliphatic heterocycles. The zero-order valence-electron chi connectivity index (χ0n) is 13.0. The fourth-order valence-electron chi connectivity index (χ4n) is 2.28. The van der Waals surface area contributed by atoms with Crippen molar-refractivity contribution in [3.05, 3.63) is 23.2 Å². The zero-order valence-corrected chi connectivity index (χ0v) is 13.8. The predicted octanol–water partition coefficient (Wildman–Crippen LogP) is 1.43. The number of nitrogens with one attached hydrogen (secondary N) is 3. The van der Waals surface area contributed by atoms with Crippen molar-refractivity contribution in [3.8, 4) is 0 Å². The zero-order chi connectivity index (χ0) is 16.7. The Morgan fingerprint density at radius 2 is 2.30 bits per heavy atom. The van der Waals surface area contributed by atoms with Gasteiger partial charge in [-0.3, -0.25) is 4.79 Å². The van der Waals surface area contributed by atoms with Crippen molar-refractivity contribution in [2.75, 3.05) is 50.1 Å². The number of carbonyl (C=O) groups excluding carboxylic acids is 2. The number of amides is 3. The van der Waals surface area contributed by atoms with Gasteiger partial charge in [0.15, 0.2) is 0 Å². The van der Waals surface area contributed by atoms with Crippen LogP contribution in [0.2, 0.25) is 5.02 Å². The maximum atomic E-state index is 11.7. The number of urea groups is 1. The second kappa shape index (κ2) is 8.59. The van der Waals surface area contributed by atoms with Crippen molar-refractivity contribution < 1.29 is 14.3 Å². The summed E-state index contributed by atoms with van der Waals surface area (Å²) in [4.78, 5) is 25.1. The third-order valence-electron chi connectivity index (χ3n) is 3.40. The van der Waals surface area contributed by atoms with Crippen molar-refractivity contribution in [3.63, 3.8) is 0 Å². The summed E-state index contributed by atoms with van der Waals surface area (Å²) in [7, 11) is 1.62. The molecule has 1 fully saturated rings. The van der Waals surface area contributed by atoms with Crippen LogP contribution < -0.4 is 20.9 Å². The van der Waals surface area contributed by atoms with E-state index >= 15 is 0 Å². The summed E-state index contributed by atoms with van der Waals surface area (Å²) >= 11 is 6.28. The maximum absolute atomic E-state index is 11.7. The molecule has 0 spiro atoms. The number of hydrogen-bond acceptors (Lipinski definition) is 4. The minimum atomic E-state index is -0.290. The molecule has 0 atom stereocenters. The number of benzene rings is 1. The van der Waals surface area contributed by atoms with E-state index in [9.17, 15) is 9.59 Å². The Labute approximate surface area is 140 Å². The van der Waals surface area contributed by atoms with Crippen LogP contribution in [-0.2, 0) is 9.53 Å². The predicted molar refractivity (Wildman–Crippen MR) is 90.2 cm³/mol. The van der Waals surface area contributed by atoms with E-state index < -0.39 is 0 Å². The van der Waals surface area contributed by atoms with Crippen molar-refractivity contribution in [2.24, 2.45) is 0 Å². The standard InChI is InChI=1S/C15H21ClN4O3/c1-23-8-2-5-18-15(22)19-11-3-4-13(12(16)9-11)20-7-6-17-14(21)10-20/h3-4,9H,2,5-8,10H2,1H3,(H,17,21)(H2,18,19,22). The summed E-state index contributed by atoms with van der Waals surface area (Å²) in [5, 5.41) is 8.72. The number of nitrogens with zero attached hydrogens (tertiary/aromatic N) is 1. The van der Waals surface area contributed by atoms with Crippen molar-refractivity contribution in [1.29, 1.82) is 0 Å². The van der Waals surface area contributed by atoms with Crippen LogP contribution in [0.4, 0.5) is 16.2 Å². The van der Waals surface area contributed by atoms with E-state index in [0.29, 0.717) is 37.0 Å². The molecule has 2 rings (SSSR count). The number of anilines is 2. The molecule has 3 N–H and O–H groups in total. The van der Waals surface area contributed by atoms with Gasteiger partial charge in [-0.05, 0) is 24.6 Å². The molecular weight excluding hydrogens is 320 g/mol. The Kier molecular flexibility index (Phi) is 6.49. The van der Waals surface area contributed by atoms with Gasteiger partial charge >= 0.3 is 6.03 Å². The monoisotopic (exact) mass is 340 g/mol. The first-order valence-electron chi connectivity index (χ1n) is 7.45. The SMILES string of the molecule is COCCCNC(=O)Nc1ccc(N2CCNC(=O)C2)c(Cl)c1. The van der Waals surface area contributed by atoms with Crippen molar-refractivity contribution >= 4 is 34.9 Å². The van der Waals surface area contributed by atoms with Crippen LogP contribution in [-0.4, -0.2) is 51.8 Å². The Morgan fingerprint density at radius 3 is 3.00 bits per heavy atom. The third-order valence-corrected chi connectivity index (χ3v) is 3.70. The molecule has 0 aromatic heterocycles. The van der Waals surface area contributed by atoms with Crippen molar-refractivity contribution in [1.82, 2.24) is 10.6 Å². The van der Waals surface area contributed by atoms with Crippen LogP contribution in [0.3, 0.4) is 0 Å². The largest absolute Gasteiger partial charge is 0.385 e. The van der Waals surface area contributed by atoms with E-state index in [1.54, 1.807) is 19.2 Å². The Morgan fingerprint density at radius 1 is 1.48 bits per heavy atom. The van der Waals surface area contributed by atoms with Gasteiger partial charge in [0.25, 0.3) is 0 Å². The van der Waals surface area contributed by atoms with Gasteiger partial charge in [-0.1, -0.05) is 11.6 Å². The van der Waals surface area contributed by atoms with E-state index in [0.717, 1.165) is 12.1 Å². The first kappa shape index (κ1) is 17.4. The molecule has 1 aromatic rings. The first-order valence-corrected chi connectivity index (χ1v) is 7.83. The van der Waals surface area contributed by atoms with Crippen molar-refractivity contribution in [2.45, 2.75) is 6.42 Å². The number of carbonyl (C=O) groups is 2. The van der Waals surface area contributed by atoms with E-state index in [1.165, 1.54) is 0 Å². The lowest BCUT2D eigenvalue weighted by atomic mass is 10.2. The quantitative estimate of drug-likeness (QED) is 0.684. The molecule has 1 saturated heterocycles. The summed E-state index contributed by atoms with van der Waals surface area (Å²) in [6.07, 6.45) is 0.751. The van der Waals surface area contributed by atoms with Crippen LogP contribution in [0.25, 0.3) is 0 Å². The van der Waals surface area contributed by atoms with Gasteiger partial charge < -0.3 is 25.6 Å². The van der Waals surface area contributed by atoms with E-state index in [1.807, 2.05) is 11.0 Å². The molecule has 0 aliphatic carbocycles. The molecule has 0 unspecified atom stereocenters. The normalized spacial score (nSPS) is 14.3. The molecule has 23 heavy (non-hydrogen) atoms. The average Bonchev–Trinajstić information content (AvgIpc) is 2.52. The van der Waals surface area contributed by atoms with Gasteiger partial charge in [-0.2, -0.15) is 0 Å². The lowest BCUT2D eigenvalue weighted by Crippen LogP contribution is -2.47. The van der Waals surface area contributed by atoms with Gasteiger partial charge in [-0.15, -0.1) is 0 Å². The first-order chi connectivity index (χ1) is 11.1. The van der Waals surface area contributed by atoms with Crippen LogP contribution >= 0.6 is 11.6 Å². The highest BCUT2D eigenvalue weighted by Gasteiger charge is 2.18. The smallest absolute Gasteiger partial charge is 0.319 e. The average molecular weight is 341 g/mol. The van der Waals surface area contributed by atoms with E-state index in [4.69, 9.17) is 16.3 Å². The number of halogens is 1.